The zero-order chi connectivity index (χ0) is 13.7. The van der Waals surface area contributed by atoms with Gasteiger partial charge in [-0.3, -0.25) is 0 Å². The van der Waals surface area contributed by atoms with Gasteiger partial charge >= 0.3 is 0 Å². The normalized spacial score (nSPS) is 11.8. The number of nitriles is 1. The summed E-state index contributed by atoms with van der Waals surface area (Å²) in [6.45, 7) is 2.28. The molecule has 0 amide bonds. The molecule has 0 aromatic carbocycles. The van der Waals surface area contributed by atoms with Crippen LogP contribution in [0.1, 0.15) is 28.6 Å². The second kappa shape index (κ2) is 6.27. The van der Waals surface area contributed by atoms with Gasteiger partial charge in [0.05, 0.1) is 6.61 Å². The highest BCUT2D eigenvalue weighted by Crippen LogP contribution is 2.19. The van der Waals surface area contributed by atoms with Gasteiger partial charge in [0.1, 0.15) is 11.6 Å². The van der Waals surface area contributed by atoms with Crippen LogP contribution in [0, 0.1) is 18.3 Å². The lowest BCUT2D eigenvalue weighted by Crippen LogP contribution is -2.13. The third kappa shape index (κ3) is 3.50. The Morgan fingerprint density at radius 1 is 1.47 bits per heavy atom. The van der Waals surface area contributed by atoms with E-state index < -0.39 is 0 Å². The molecule has 0 saturated heterocycles. The lowest BCUT2D eigenvalue weighted by molar-refractivity contribution is 0.287. The van der Waals surface area contributed by atoms with Crippen molar-refractivity contribution in [2.75, 3.05) is 6.61 Å². The average Bonchev–Trinajstić information content (AvgIpc) is 2.93. The number of aromatic nitrogens is 2. The Morgan fingerprint density at radius 3 is 3.00 bits per heavy atom. The van der Waals surface area contributed by atoms with Gasteiger partial charge in [0.2, 0.25) is 5.88 Å². The summed E-state index contributed by atoms with van der Waals surface area (Å²) >= 11 is 1.39. The van der Waals surface area contributed by atoms with Crippen LogP contribution in [0.25, 0.3) is 0 Å². The van der Waals surface area contributed by atoms with Crippen molar-refractivity contribution in [1.82, 2.24) is 9.36 Å². The number of nitrogens with zero attached hydrogens (tertiary/aromatic N) is 3. The van der Waals surface area contributed by atoms with Crippen molar-refractivity contribution in [3.63, 3.8) is 0 Å². The van der Waals surface area contributed by atoms with E-state index in [0.29, 0.717) is 24.5 Å². The summed E-state index contributed by atoms with van der Waals surface area (Å²) in [5.41, 5.74) is 7.27. The van der Waals surface area contributed by atoms with Crippen molar-refractivity contribution in [1.29, 1.82) is 5.26 Å². The van der Waals surface area contributed by atoms with Crippen molar-refractivity contribution in [3.8, 4) is 11.9 Å². The largest absolute Gasteiger partial charge is 0.477 e. The van der Waals surface area contributed by atoms with E-state index in [-0.39, 0.29) is 6.04 Å². The molecule has 1 atom stereocenters. The van der Waals surface area contributed by atoms with E-state index in [9.17, 15) is 0 Å². The predicted molar refractivity (Wildman–Crippen MR) is 72.8 cm³/mol. The fraction of sp³-hybridized carbons (Fsp3) is 0.308. The van der Waals surface area contributed by atoms with Gasteiger partial charge < -0.3 is 10.5 Å². The van der Waals surface area contributed by atoms with E-state index >= 15 is 0 Å². The van der Waals surface area contributed by atoms with Crippen LogP contribution in [0.2, 0.25) is 0 Å². The maximum atomic E-state index is 8.97. The molecule has 6 heteroatoms. The Morgan fingerprint density at radius 2 is 2.32 bits per heavy atom. The monoisotopic (exact) mass is 274 g/mol. The predicted octanol–water partition coefficient (Wildman–Crippen LogP) is 2.19. The van der Waals surface area contributed by atoms with Crippen LogP contribution in [0.5, 0.6) is 5.88 Å². The number of aryl methyl sites for hydroxylation is 1. The van der Waals surface area contributed by atoms with Crippen LogP contribution in [0.3, 0.4) is 0 Å². The summed E-state index contributed by atoms with van der Waals surface area (Å²) in [6, 6.07) is 7.37. The number of ether oxygens (including phenoxy) is 1. The van der Waals surface area contributed by atoms with Crippen molar-refractivity contribution in [2.45, 2.75) is 19.4 Å². The molecule has 0 radical (unpaired) electrons. The molecule has 1 unspecified atom stereocenters. The van der Waals surface area contributed by atoms with Gasteiger partial charge in [-0.05, 0) is 36.7 Å². The third-order valence-electron chi connectivity index (χ3n) is 2.61. The molecule has 0 aliphatic rings. The maximum absolute atomic E-state index is 8.97. The topological polar surface area (TPSA) is 84.8 Å². The standard InChI is InChI=1S/C13H14N4OS/c1-9-2-3-10(8-14)13(17-9)18-7-5-11(15)12-4-6-16-19-12/h2-4,6,11H,5,7,15H2,1H3. The summed E-state index contributed by atoms with van der Waals surface area (Å²) in [6.07, 6.45) is 2.39. The molecule has 2 rings (SSSR count). The van der Waals surface area contributed by atoms with Crippen LogP contribution in [-0.2, 0) is 0 Å². The molecule has 5 nitrogen and oxygen atoms in total. The van der Waals surface area contributed by atoms with Gasteiger partial charge in [-0.25, -0.2) is 9.36 Å². The molecule has 0 aliphatic heterocycles. The van der Waals surface area contributed by atoms with Crippen molar-refractivity contribution in [3.05, 3.63) is 40.5 Å². The third-order valence-corrected chi connectivity index (χ3v) is 3.49. The molecular formula is C13H14N4OS. The summed E-state index contributed by atoms with van der Waals surface area (Å²) < 4.78 is 9.56. The summed E-state index contributed by atoms with van der Waals surface area (Å²) in [5, 5.41) is 8.97. The molecule has 0 saturated carbocycles. The smallest absolute Gasteiger partial charge is 0.231 e. The Kier molecular flexibility index (Phi) is 4.44. The van der Waals surface area contributed by atoms with Crippen molar-refractivity contribution < 1.29 is 4.74 Å². The highest BCUT2D eigenvalue weighted by atomic mass is 32.1. The molecule has 0 fully saturated rings. The van der Waals surface area contributed by atoms with Gasteiger partial charge in [0, 0.05) is 29.2 Å². The number of nitrogens with two attached hydrogens (primary N) is 1. The van der Waals surface area contributed by atoms with Crippen LogP contribution >= 0.6 is 11.5 Å². The highest BCUT2D eigenvalue weighted by molar-refractivity contribution is 7.05. The second-order valence-electron chi connectivity index (χ2n) is 4.08. The first-order valence-corrected chi connectivity index (χ1v) is 6.64. The van der Waals surface area contributed by atoms with Crippen LogP contribution in [-0.4, -0.2) is 16.0 Å². The zero-order valence-electron chi connectivity index (χ0n) is 10.5. The lowest BCUT2D eigenvalue weighted by atomic mass is 10.2. The van der Waals surface area contributed by atoms with Gasteiger partial charge in [-0.1, -0.05) is 0 Å². The summed E-state index contributed by atoms with van der Waals surface area (Å²) in [5.74, 6) is 0.374. The first-order valence-electron chi connectivity index (χ1n) is 5.87. The SMILES string of the molecule is Cc1ccc(C#N)c(OCCC(N)c2ccns2)n1. The fourth-order valence-corrected chi connectivity index (χ4v) is 2.19. The Balaban J connectivity index is 1.93. The Labute approximate surface area is 115 Å². The molecule has 2 aromatic heterocycles. The number of hydrogen-bond acceptors (Lipinski definition) is 6. The first kappa shape index (κ1) is 13.5. The molecule has 0 aliphatic carbocycles. The van der Waals surface area contributed by atoms with E-state index in [2.05, 4.69) is 15.4 Å². The number of hydrogen-bond donors (Lipinski definition) is 1. The first-order chi connectivity index (χ1) is 9.20. The minimum absolute atomic E-state index is 0.0946. The van der Waals surface area contributed by atoms with Crippen molar-refractivity contribution in [2.24, 2.45) is 5.73 Å². The van der Waals surface area contributed by atoms with E-state index in [4.69, 9.17) is 15.7 Å². The van der Waals surface area contributed by atoms with E-state index in [0.717, 1.165) is 10.6 Å². The van der Waals surface area contributed by atoms with Crippen LogP contribution in [0.15, 0.2) is 24.4 Å². The van der Waals surface area contributed by atoms with E-state index in [1.807, 2.05) is 13.0 Å². The summed E-state index contributed by atoms with van der Waals surface area (Å²) in [7, 11) is 0. The number of pyridine rings is 1. The molecule has 0 bridgehead atoms. The molecule has 2 heterocycles. The molecule has 2 aromatic rings. The minimum atomic E-state index is -0.0946. The van der Waals surface area contributed by atoms with E-state index in [1.165, 1.54) is 11.5 Å². The zero-order valence-corrected chi connectivity index (χ0v) is 11.4. The van der Waals surface area contributed by atoms with Crippen LogP contribution in [0.4, 0.5) is 0 Å². The van der Waals surface area contributed by atoms with Crippen LogP contribution < -0.4 is 10.5 Å². The maximum Gasteiger partial charge on any atom is 0.231 e. The van der Waals surface area contributed by atoms with Crippen molar-refractivity contribution >= 4 is 11.5 Å². The lowest BCUT2D eigenvalue weighted by Gasteiger charge is -2.11. The van der Waals surface area contributed by atoms with Gasteiger partial charge in [-0.2, -0.15) is 5.26 Å². The van der Waals surface area contributed by atoms with Gasteiger partial charge in [0.25, 0.3) is 0 Å². The highest BCUT2D eigenvalue weighted by Gasteiger charge is 2.10. The molecule has 0 spiro atoms. The summed E-state index contributed by atoms with van der Waals surface area (Å²) in [4.78, 5) is 5.24. The second-order valence-corrected chi connectivity index (χ2v) is 4.94. The van der Waals surface area contributed by atoms with E-state index in [1.54, 1.807) is 18.3 Å². The molecule has 98 valence electrons. The molecular weight excluding hydrogens is 260 g/mol. The number of rotatable bonds is 5. The van der Waals surface area contributed by atoms with Gasteiger partial charge in [0.15, 0.2) is 0 Å². The van der Waals surface area contributed by atoms with Gasteiger partial charge in [-0.15, -0.1) is 0 Å². The minimum Gasteiger partial charge on any atom is -0.477 e. The quantitative estimate of drug-likeness (QED) is 0.903. The average molecular weight is 274 g/mol. The molecule has 19 heavy (non-hydrogen) atoms. The Hall–Kier alpha value is -1.97. The fourth-order valence-electron chi connectivity index (χ4n) is 1.57. The molecule has 2 N–H and O–H groups in total. The Bertz CT molecular complexity index is 577.